The van der Waals surface area contributed by atoms with Gasteiger partial charge in [0.25, 0.3) is 0 Å². The summed E-state index contributed by atoms with van der Waals surface area (Å²) in [5, 5.41) is 2.87. The number of carbonyl (C=O) groups is 1. The Kier molecular flexibility index (Phi) is 2.55. The number of oxazole rings is 1. The molecule has 1 fully saturated rings. The fourth-order valence-electron chi connectivity index (χ4n) is 1.97. The first-order valence-electron chi connectivity index (χ1n) is 5.95. The summed E-state index contributed by atoms with van der Waals surface area (Å²) in [7, 11) is 0. The zero-order valence-electron chi connectivity index (χ0n) is 9.48. The maximum Gasteiger partial charge on any atom is 0.223 e. The van der Waals surface area contributed by atoms with Gasteiger partial charge in [0.1, 0.15) is 5.52 Å². The van der Waals surface area contributed by atoms with Gasteiger partial charge in [0.15, 0.2) is 5.58 Å². The number of fused-ring (bicyclic) bond motifs is 1. The molecule has 0 spiro atoms. The summed E-state index contributed by atoms with van der Waals surface area (Å²) in [6.45, 7) is 0.379. The fraction of sp³-hybridized carbons (Fsp3) is 0.385. The minimum Gasteiger partial charge on any atom is -0.439 e. The Balaban J connectivity index is 1.66. The molecule has 1 aliphatic carbocycles. The van der Waals surface area contributed by atoms with Gasteiger partial charge in [-0.05, 0) is 25.0 Å². The van der Waals surface area contributed by atoms with Crippen molar-refractivity contribution in [1.29, 1.82) is 0 Å². The highest BCUT2D eigenvalue weighted by Crippen LogP contribution is 2.26. The van der Waals surface area contributed by atoms with Gasteiger partial charge in [-0.25, -0.2) is 4.98 Å². The maximum atomic E-state index is 11.6. The van der Waals surface area contributed by atoms with Crippen molar-refractivity contribution in [3.8, 4) is 0 Å². The van der Waals surface area contributed by atoms with Crippen LogP contribution in [0.4, 0.5) is 0 Å². The van der Waals surface area contributed by atoms with Gasteiger partial charge in [0, 0.05) is 5.92 Å². The van der Waals surface area contributed by atoms with E-state index in [1.807, 2.05) is 24.3 Å². The Hall–Kier alpha value is -1.84. The quantitative estimate of drug-likeness (QED) is 0.879. The van der Waals surface area contributed by atoms with Crippen LogP contribution in [0, 0.1) is 5.92 Å². The number of nitrogens with one attached hydrogen (secondary N) is 1. The Morgan fingerprint density at radius 3 is 2.94 bits per heavy atom. The van der Waals surface area contributed by atoms with Crippen molar-refractivity contribution >= 4 is 17.0 Å². The molecule has 4 nitrogen and oxygen atoms in total. The summed E-state index contributed by atoms with van der Waals surface area (Å²) < 4.78 is 5.52. The minimum absolute atomic E-state index is 0.124. The molecule has 1 aromatic heterocycles. The topological polar surface area (TPSA) is 55.1 Å². The van der Waals surface area contributed by atoms with Crippen LogP contribution in [0.5, 0.6) is 0 Å². The Bertz CT molecular complexity index is 510. The van der Waals surface area contributed by atoms with E-state index in [0.29, 0.717) is 12.4 Å². The predicted octanol–water partition coefficient (Wildman–Crippen LogP) is 2.24. The van der Waals surface area contributed by atoms with E-state index in [0.717, 1.165) is 23.9 Å². The first-order chi connectivity index (χ1) is 8.33. The Morgan fingerprint density at radius 1 is 1.41 bits per heavy atom. The van der Waals surface area contributed by atoms with E-state index in [-0.39, 0.29) is 11.8 Å². The summed E-state index contributed by atoms with van der Waals surface area (Å²) in [4.78, 5) is 15.9. The van der Waals surface area contributed by atoms with E-state index in [2.05, 4.69) is 10.3 Å². The lowest BCUT2D eigenvalue weighted by molar-refractivity contribution is -0.127. The Morgan fingerprint density at radius 2 is 2.24 bits per heavy atom. The van der Waals surface area contributed by atoms with Crippen LogP contribution < -0.4 is 5.32 Å². The normalized spacial score (nSPS) is 15.8. The van der Waals surface area contributed by atoms with Gasteiger partial charge in [-0.1, -0.05) is 18.6 Å². The van der Waals surface area contributed by atoms with E-state index in [4.69, 9.17) is 4.42 Å². The number of amides is 1. The molecular weight excluding hydrogens is 216 g/mol. The lowest BCUT2D eigenvalue weighted by atomic mass is 9.85. The highest BCUT2D eigenvalue weighted by Gasteiger charge is 2.25. The van der Waals surface area contributed by atoms with Crippen LogP contribution in [-0.4, -0.2) is 10.9 Å². The van der Waals surface area contributed by atoms with E-state index in [1.54, 1.807) is 0 Å². The van der Waals surface area contributed by atoms with Crippen molar-refractivity contribution in [3.63, 3.8) is 0 Å². The average molecular weight is 230 g/mol. The molecule has 1 amide bonds. The van der Waals surface area contributed by atoms with E-state index in [1.165, 1.54) is 6.42 Å². The molecule has 2 aromatic rings. The van der Waals surface area contributed by atoms with Crippen molar-refractivity contribution in [2.75, 3.05) is 0 Å². The lowest BCUT2D eigenvalue weighted by Crippen LogP contribution is -2.34. The highest BCUT2D eigenvalue weighted by molar-refractivity contribution is 5.79. The molecule has 0 aliphatic heterocycles. The van der Waals surface area contributed by atoms with Gasteiger partial charge in [0.2, 0.25) is 11.8 Å². The monoisotopic (exact) mass is 230 g/mol. The largest absolute Gasteiger partial charge is 0.439 e. The van der Waals surface area contributed by atoms with Crippen LogP contribution in [0.2, 0.25) is 0 Å². The lowest BCUT2D eigenvalue weighted by Gasteiger charge is -2.23. The Labute approximate surface area is 99.0 Å². The smallest absolute Gasteiger partial charge is 0.223 e. The molecule has 0 bridgehead atoms. The molecular formula is C13H14N2O2. The third kappa shape index (κ3) is 2.02. The van der Waals surface area contributed by atoms with Crippen molar-refractivity contribution in [2.45, 2.75) is 25.8 Å². The zero-order valence-corrected chi connectivity index (χ0v) is 9.48. The van der Waals surface area contributed by atoms with E-state index < -0.39 is 0 Å². The van der Waals surface area contributed by atoms with Crippen molar-refractivity contribution < 1.29 is 9.21 Å². The molecule has 0 unspecified atom stereocenters. The summed E-state index contributed by atoms with van der Waals surface area (Å²) in [5.74, 6) is 0.900. The molecule has 0 saturated heterocycles. The van der Waals surface area contributed by atoms with Gasteiger partial charge in [0.05, 0.1) is 6.54 Å². The van der Waals surface area contributed by atoms with Crippen LogP contribution >= 0.6 is 0 Å². The fourth-order valence-corrected chi connectivity index (χ4v) is 1.97. The summed E-state index contributed by atoms with van der Waals surface area (Å²) in [6.07, 6.45) is 3.19. The summed E-state index contributed by atoms with van der Waals surface area (Å²) in [5.41, 5.74) is 1.60. The number of aromatic nitrogens is 1. The molecule has 17 heavy (non-hydrogen) atoms. The first-order valence-corrected chi connectivity index (χ1v) is 5.95. The van der Waals surface area contributed by atoms with E-state index in [9.17, 15) is 4.79 Å². The maximum absolute atomic E-state index is 11.6. The second kappa shape index (κ2) is 4.20. The number of para-hydroxylation sites is 2. The zero-order chi connectivity index (χ0) is 11.7. The number of nitrogens with zero attached hydrogens (tertiary/aromatic N) is 1. The standard InChI is InChI=1S/C13H14N2O2/c16-13(9-4-3-5-9)14-8-12-15-10-6-1-2-7-11(10)17-12/h1-2,6-7,9H,3-5,8H2,(H,14,16). The van der Waals surface area contributed by atoms with Crippen LogP contribution in [-0.2, 0) is 11.3 Å². The summed E-state index contributed by atoms with van der Waals surface area (Å²) >= 11 is 0. The molecule has 3 rings (SSSR count). The van der Waals surface area contributed by atoms with Crippen LogP contribution in [0.25, 0.3) is 11.1 Å². The second-order valence-corrected chi connectivity index (χ2v) is 4.42. The molecule has 4 heteroatoms. The third-order valence-corrected chi connectivity index (χ3v) is 3.23. The predicted molar refractivity (Wildman–Crippen MR) is 63.2 cm³/mol. The van der Waals surface area contributed by atoms with Gasteiger partial charge in [-0.3, -0.25) is 4.79 Å². The van der Waals surface area contributed by atoms with Crippen molar-refractivity contribution in [1.82, 2.24) is 10.3 Å². The SMILES string of the molecule is O=C(NCc1nc2ccccc2o1)C1CCC1. The average Bonchev–Trinajstić information content (AvgIpc) is 2.66. The first kappa shape index (κ1) is 10.3. The molecule has 0 atom stereocenters. The number of hydrogen-bond acceptors (Lipinski definition) is 3. The van der Waals surface area contributed by atoms with Gasteiger partial charge < -0.3 is 9.73 Å². The number of carbonyl (C=O) groups excluding carboxylic acids is 1. The van der Waals surface area contributed by atoms with E-state index >= 15 is 0 Å². The molecule has 1 saturated carbocycles. The molecule has 0 radical (unpaired) electrons. The van der Waals surface area contributed by atoms with Crippen LogP contribution in [0.3, 0.4) is 0 Å². The van der Waals surface area contributed by atoms with Crippen LogP contribution in [0.1, 0.15) is 25.2 Å². The van der Waals surface area contributed by atoms with Gasteiger partial charge in [-0.15, -0.1) is 0 Å². The molecule has 88 valence electrons. The number of rotatable bonds is 3. The molecule has 1 heterocycles. The van der Waals surface area contributed by atoms with Crippen molar-refractivity contribution in [2.24, 2.45) is 5.92 Å². The molecule has 1 aliphatic rings. The summed E-state index contributed by atoms with van der Waals surface area (Å²) in [6, 6.07) is 7.60. The van der Waals surface area contributed by atoms with Crippen LogP contribution in [0.15, 0.2) is 28.7 Å². The number of hydrogen-bond donors (Lipinski definition) is 1. The van der Waals surface area contributed by atoms with Gasteiger partial charge in [-0.2, -0.15) is 0 Å². The molecule has 1 aromatic carbocycles. The highest BCUT2D eigenvalue weighted by atomic mass is 16.3. The van der Waals surface area contributed by atoms with Crippen molar-refractivity contribution in [3.05, 3.63) is 30.2 Å². The molecule has 1 N–H and O–H groups in total. The van der Waals surface area contributed by atoms with Gasteiger partial charge >= 0.3 is 0 Å². The third-order valence-electron chi connectivity index (χ3n) is 3.23. The minimum atomic E-state index is 0.124. The number of benzene rings is 1. The second-order valence-electron chi connectivity index (χ2n) is 4.42.